The molecular weight excluding hydrogens is 256 g/mol. The zero-order chi connectivity index (χ0) is 13.8. The first-order valence-electron chi connectivity index (χ1n) is 5.89. The van der Waals surface area contributed by atoms with Crippen molar-refractivity contribution in [1.82, 2.24) is 0 Å². The minimum absolute atomic E-state index is 0.825. The summed E-state index contributed by atoms with van der Waals surface area (Å²) >= 11 is 0. The third-order valence-corrected chi connectivity index (χ3v) is 3.91. The van der Waals surface area contributed by atoms with Crippen molar-refractivity contribution in [1.29, 1.82) is 0 Å². The van der Waals surface area contributed by atoms with Gasteiger partial charge in [-0.05, 0) is 41.0 Å². The Morgan fingerprint density at radius 1 is 1.00 bits per heavy atom. The first-order valence-corrected chi connectivity index (χ1v) is 7.45. The largest absolute Gasteiger partial charge is 0.497 e. The summed E-state index contributed by atoms with van der Waals surface area (Å²) < 4.78 is 16.5. The molecule has 0 spiro atoms. The fourth-order valence-corrected chi connectivity index (χ4v) is 2.33. The van der Waals surface area contributed by atoms with Gasteiger partial charge in [-0.2, -0.15) is 0 Å². The van der Waals surface area contributed by atoms with Crippen LogP contribution < -0.4 is 4.74 Å². The van der Waals surface area contributed by atoms with Gasteiger partial charge in [0.1, 0.15) is 5.75 Å². The predicted octanol–water partition coefficient (Wildman–Crippen LogP) is 3.49. The maximum absolute atomic E-state index is 11.3. The predicted molar refractivity (Wildman–Crippen MR) is 79.9 cm³/mol. The van der Waals surface area contributed by atoms with Crippen LogP contribution in [-0.4, -0.2) is 17.6 Å². The lowest BCUT2D eigenvalue weighted by atomic mass is 10.00. The summed E-state index contributed by atoms with van der Waals surface area (Å²) in [5, 5.41) is 0. The molecule has 2 aromatic rings. The van der Waals surface area contributed by atoms with Crippen molar-refractivity contribution in [2.24, 2.45) is 0 Å². The molecule has 0 aliphatic heterocycles. The van der Waals surface area contributed by atoms with Crippen molar-refractivity contribution in [2.45, 2.75) is 4.90 Å². The Balaban J connectivity index is 2.25. The van der Waals surface area contributed by atoms with Crippen molar-refractivity contribution in [3.05, 3.63) is 66.2 Å². The lowest BCUT2D eigenvalue weighted by Gasteiger charge is -2.08. The van der Waals surface area contributed by atoms with Gasteiger partial charge in [0.05, 0.1) is 7.11 Å². The highest BCUT2D eigenvalue weighted by Crippen LogP contribution is 2.24. The van der Waals surface area contributed by atoms with E-state index in [9.17, 15) is 4.21 Å². The fourth-order valence-electron chi connectivity index (χ4n) is 1.81. The molecule has 0 N–H and O–H groups in total. The number of methoxy groups -OCH3 is 1. The van der Waals surface area contributed by atoms with Gasteiger partial charge < -0.3 is 4.74 Å². The van der Waals surface area contributed by atoms with Crippen LogP contribution in [0.25, 0.3) is 5.57 Å². The van der Waals surface area contributed by atoms with Gasteiger partial charge in [0.2, 0.25) is 0 Å². The lowest BCUT2D eigenvalue weighted by Crippen LogP contribution is -1.90. The first-order chi connectivity index (χ1) is 9.11. The number of hydrogen-bond acceptors (Lipinski definition) is 2. The quantitative estimate of drug-likeness (QED) is 0.851. The van der Waals surface area contributed by atoms with Crippen molar-refractivity contribution in [3.8, 4) is 5.75 Å². The Bertz CT molecular complexity index is 598. The van der Waals surface area contributed by atoms with Gasteiger partial charge in [0.25, 0.3) is 0 Å². The van der Waals surface area contributed by atoms with Crippen LogP contribution >= 0.6 is 0 Å². The van der Waals surface area contributed by atoms with E-state index in [0.29, 0.717) is 0 Å². The van der Waals surface area contributed by atoms with Crippen molar-refractivity contribution >= 4 is 16.4 Å². The highest BCUT2D eigenvalue weighted by Gasteiger charge is 2.04. The molecule has 98 valence electrons. The molecule has 0 aliphatic carbocycles. The van der Waals surface area contributed by atoms with E-state index in [-0.39, 0.29) is 0 Å². The van der Waals surface area contributed by atoms with E-state index in [0.717, 1.165) is 27.3 Å². The van der Waals surface area contributed by atoms with Crippen LogP contribution in [0.15, 0.2) is 60.0 Å². The second kappa shape index (κ2) is 5.85. The molecule has 1 atom stereocenters. The van der Waals surface area contributed by atoms with Crippen LogP contribution in [0.2, 0.25) is 0 Å². The molecule has 1 unspecified atom stereocenters. The van der Waals surface area contributed by atoms with E-state index >= 15 is 0 Å². The summed E-state index contributed by atoms with van der Waals surface area (Å²) in [5.41, 5.74) is 3.02. The van der Waals surface area contributed by atoms with E-state index in [2.05, 4.69) is 6.58 Å². The van der Waals surface area contributed by atoms with E-state index < -0.39 is 10.8 Å². The lowest BCUT2D eigenvalue weighted by molar-refractivity contribution is 0.415. The van der Waals surface area contributed by atoms with E-state index in [1.165, 1.54) is 0 Å². The second-order valence-corrected chi connectivity index (χ2v) is 5.57. The number of rotatable bonds is 4. The third kappa shape index (κ3) is 3.12. The number of ether oxygens (including phenoxy) is 1. The molecule has 0 radical (unpaired) electrons. The van der Waals surface area contributed by atoms with Gasteiger partial charge in [-0.25, -0.2) is 0 Å². The molecule has 0 amide bonds. The van der Waals surface area contributed by atoms with Crippen LogP contribution in [0.1, 0.15) is 11.1 Å². The molecule has 0 aliphatic rings. The minimum Gasteiger partial charge on any atom is -0.497 e. The molecule has 0 bridgehead atoms. The number of hydrogen-bond donors (Lipinski definition) is 0. The average molecular weight is 272 g/mol. The summed E-state index contributed by atoms with van der Waals surface area (Å²) in [6, 6.07) is 15.4. The molecule has 19 heavy (non-hydrogen) atoms. The van der Waals surface area contributed by atoms with Crippen LogP contribution in [0.4, 0.5) is 0 Å². The van der Waals surface area contributed by atoms with Gasteiger partial charge >= 0.3 is 0 Å². The molecule has 2 aromatic carbocycles. The standard InChI is InChI=1S/C16H16O2S/c1-12(13-4-8-15(18-2)9-5-13)14-6-10-16(11-7-14)19(3)17/h4-11H,1H2,2-3H3. The van der Waals surface area contributed by atoms with Crippen LogP contribution in [0.3, 0.4) is 0 Å². The van der Waals surface area contributed by atoms with Crippen molar-refractivity contribution < 1.29 is 8.95 Å². The van der Waals surface area contributed by atoms with E-state index in [1.54, 1.807) is 13.4 Å². The Morgan fingerprint density at radius 2 is 1.47 bits per heavy atom. The number of benzene rings is 2. The molecular formula is C16H16O2S. The average Bonchev–Trinajstić information content (AvgIpc) is 2.46. The van der Waals surface area contributed by atoms with Crippen LogP contribution in [0.5, 0.6) is 5.75 Å². The molecule has 0 heterocycles. The van der Waals surface area contributed by atoms with Gasteiger partial charge in [-0.1, -0.05) is 30.8 Å². The molecule has 2 rings (SSSR count). The zero-order valence-corrected chi connectivity index (χ0v) is 11.9. The Kier molecular flexibility index (Phi) is 4.17. The van der Waals surface area contributed by atoms with Crippen molar-refractivity contribution in [3.63, 3.8) is 0 Å². The Labute approximate surface area is 116 Å². The molecule has 0 aromatic heterocycles. The summed E-state index contributed by atoms with van der Waals surface area (Å²) in [6.07, 6.45) is 1.67. The zero-order valence-electron chi connectivity index (χ0n) is 11.1. The Morgan fingerprint density at radius 3 is 1.89 bits per heavy atom. The normalized spacial score (nSPS) is 11.9. The molecule has 2 nitrogen and oxygen atoms in total. The van der Waals surface area contributed by atoms with Crippen LogP contribution in [0, 0.1) is 0 Å². The van der Waals surface area contributed by atoms with Gasteiger partial charge in [0.15, 0.2) is 0 Å². The highest BCUT2D eigenvalue weighted by molar-refractivity contribution is 7.84. The summed E-state index contributed by atoms with van der Waals surface area (Å²) in [6.45, 7) is 4.11. The fraction of sp³-hybridized carbons (Fsp3) is 0.125. The van der Waals surface area contributed by atoms with E-state index in [1.807, 2.05) is 48.5 Å². The molecule has 3 heteroatoms. The monoisotopic (exact) mass is 272 g/mol. The van der Waals surface area contributed by atoms with Crippen LogP contribution in [-0.2, 0) is 10.8 Å². The molecule has 0 saturated carbocycles. The van der Waals surface area contributed by atoms with E-state index in [4.69, 9.17) is 4.74 Å². The van der Waals surface area contributed by atoms with Crippen molar-refractivity contribution in [2.75, 3.05) is 13.4 Å². The Hall–Kier alpha value is -1.87. The summed E-state index contributed by atoms with van der Waals surface area (Å²) in [7, 11) is 0.701. The first kappa shape index (κ1) is 13.6. The molecule has 0 saturated heterocycles. The maximum atomic E-state index is 11.3. The van der Waals surface area contributed by atoms with Gasteiger partial charge in [-0.3, -0.25) is 4.21 Å². The van der Waals surface area contributed by atoms with Gasteiger partial charge in [-0.15, -0.1) is 0 Å². The molecule has 0 fully saturated rings. The maximum Gasteiger partial charge on any atom is 0.118 e. The highest BCUT2D eigenvalue weighted by atomic mass is 32.2. The topological polar surface area (TPSA) is 26.3 Å². The minimum atomic E-state index is -0.945. The smallest absolute Gasteiger partial charge is 0.118 e. The third-order valence-electron chi connectivity index (χ3n) is 2.97. The summed E-state index contributed by atoms with van der Waals surface area (Å²) in [5.74, 6) is 0.827. The summed E-state index contributed by atoms with van der Waals surface area (Å²) in [4.78, 5) is 0.825. The SMILES string of the molecule is C=C(c1ccc(OC)cc1)c1ccc(S(C)=O)cc1. The second-order valence-electron chi connectivity index (χ2n) is 4.19. The van der Waals surface area contributed by atoms with Gasteiger partial charge in [0, 0.05) is 22.0 Å².